The number of carbonyl (C=O) groups excluding carboxylic acids is 1. The molecule has 0 saturated heterocycles. The highest BCUT2D eigenvalue weighted by molar-refractivity contribution is 5.82. The maximum absolute atomic E-state index is 11.6. The molecule has 3 N–H and O–H groups in total. The van der Waals surface area contributed by atoms with Gasteiger partial charge in [0.25, 0.3) is 0 Å². The molecule has 1 aromatic carbocycles. The molecule has 6 heteroatoms. The minimum atomic E-state index is -1.04. The van der Waals surface area contributed by atoms with Crippen LogP contribution in [0.5, 0.6) is 5.75 Å². The van der Waals surface area contributed by atoms with Crippen molar-refractivity contribution in [2.45, 2.75) is 26.4 Å². The van der Waals surface area contributed by atoms with Crippen LogP contribution < -0.4 is 15.4 Å². The zero-order valence-electron chi connectivity index (χ0n) is 11.8. The average Bonchev–Trinajstić information content (AvgIpc) is 2.42. The summed E-state index contributed by atoms with van der Waals surface area (Å²) in [7, 11) is 1.58. The molecule has 0 spiro atoms. The lowest BCUT2D eigenvalue weighted by atomic mass is 10.1. The first kappa shape index (κ1) is 15.8. The second-order valence-electron chi connectivity index (χ2n) is 4.74. The molecule has 0 aliphatic rings. The summed E-state index contributed by atoms with van der Waals surface area (Å²) in [5.41, 5.74) is 0.900. The Morgan fingerprint density at radius 3 is 2.30 bits per heavy atom. The molecule has 0 aromatic heterocycles. The Labute approximate surface area is 118 Å². The number of carbonyl (C=O) groups is 2. The first-order chi connectivity index (χ1) is 9.43. The van der Waals surface area contributed by atoms with Crippen molar-refractivity contribution in [3.8, 4) is 5.75 Å². The van der Waals surface area contributed by atoms with E-state index in [4.69, 9.17) is 9.84 Å². The topological polar surface area (TPSA) is 87.7 Å². The second kappa shape index (κ2) is 7.37. The van der Waals surface area contributed by atoms with Gasteiger partial charge in [0.1, 0.15) is 11.8 Å². The van der Waals surface area contributed by atoms with Gasteiger partial charge in [-0.1, -0.05) is 26.0 Å². The van der Waals surface area contributed by atoms with Crippen molar-refractivity contribution in [2.24, 2.45) is 5.92 Å². The van der Waals surface area contributed by atoms with Gasteiger partial charge >= 0.3 is 12.0 Å². The van der Waals surface area contributed by atoms with Crippen LogP contribution in [-0.4, -0.2) is 30.3 Å². The Morgan fingerprint density at radius 1 is 1.25 bits per heavy atom. The molecule has 2 amide bonds. The van der Waals surface area contributed by atoms with Crippen LogP contribution in [0, 0.1) is 5.92 Å². The SMILES string of the molecule is COc1ccc(CNC(=O)N[C@@H](C(=O)O)C(C)C)cc1. The lowest BCUT2D eigenvalue weighted by Gasteiger charge is -2.18. The summed E-state index contributed by atoms with van der Waals surface area (Å²) in [5.74, 6) is -0.484. The summed E-state index contributed by atoms with van der Waals surface area (Å²) in [6.45, 7) is 3.80. The largest absolute Gasteiger partial charge is 0.497 e. The fourth-order valence-electron chi connectivity index (χ4n) is 1.63. The Bertz CT molecular complexity index is 457. The molecule has 6 nitrogen and oxygen atoms in total. The molecule has 0 unspecified atom stereocenters. The molecular formula is C14H20N2O4. The van der Waals surface area contributed by atoms with Gasteiger partial charge in [0, 0.05) is 6.54 Å². The summed E-state index contributed by atoms with van der Waals surface area (Å²) in [4.78, 5) is 22.6. The van der Waals surface area contributed by atoms with E-state index in [1.54, 1.807) is 33.1 Å². The van der Waals surface area contributed by atoms with E-state index >= 15 is 0 Å². The molecular weight excluding hydrogens is 260 g/mol. The first-order valence-corrected chi connectivity index (χ1v) is 6.34. The number of urea groups is 1. The second-order valence-corrected chi connectivity index (χ2v) is 4.74. The summed E-state index contributed by atoms with van der Waals surface area (Å²) in [6, 6.07) is 5.85. The van der Waals surface area contributed by atoms with Gasteiger partial charge in [-0.25, -0.2) is 9.59 Å². The molecule has 0 bridgehead atoms. The predicted molar refractivity (Wildman–Crippen MR) is 74.6 cm³/mol. The molecule has 0 fully saturated rings. The summed E-state index contributed by atoms with van der Waals surface area (Å²) in [5, 5.41) is 14.0. The molecule has 0 aliphatic heterocycles. The quantitative estimate of drug-likeness (QED) is 0.738. The monoisotopic (exact) mass is 280 g/mol. The number of hydrogen-bond donors (Lipinski definition) is 3. The van der Waals surface area contributed by atoms with Crippen LogP contribution in [0.1, 0.15) is 19.4 Å². The number of hydrogen-bond acceptors (Lipinski definition) is 3. The van der Waals surface area contributed by atoms with Crippen molar-refractivity contribution < 1.29 is 19.4 Å². The maximum Gasteiger partial charge on any atom is 0.326 e. The molecule has 0 saturated carbocycles. The van der Waals surface area contributed by atoms with Crippen LogP contribution in [0.15, 0.2) is 24.3 Å². The fourth-order valence-corrected chi connectivity index (χ4v) is 1.63. The number of methoxy groups -OCH3 is 1. The molecule has 0 heterocycles. The normalized spacial score (nSPS) is 11.8. The molecule has 1 rings (SSSR count). The van der Waals surface area contributed by atoms with Crippen molar-refractivity contribution in [3.63, 3.8) is 0 Å². The summed E-state index contributed by atoms with van der Waals surface area (Å²) >= 11 is 0. The van der Waals surface area contributed by atoms with Gasteiger partial charge in [-0.05, 0) is 23.6 Å². The number of aliphatic carboxylic acids is 1. The molecule has 0 aliphatic carbocycles. The number of carboxylic acid groups (broad SMARTS) is 1. The van der Waals surface area contributed by atoms with Gasteiger partial charge in [-0.2, -0.15) is 0 Å². The standard InChI is InChI=1S/C14H20N2O4/c1-9(2)12(13(17)18)16-14(19)15-8-10-4-6-11(20-3)7-5-10/h4-7,9,12H,8H2,1-3H3,(H,17,18)(H2,15,16,19)/t12-/m1/s1. The molecule has 1 aromatic rings. The number of benzene rings is 1. The third-order valence-electron chi connectivity index (χ3n) is 2.83. The average molecular weight is 280 g/mol. The van der Waals surface area contributed by atoms with Gasteiger partial charge in [-0.3, -0.25) is 0 Å². The van der Waals surface area contributed by atoms with Crippen molar-refractivity contribution in [1.82, 2.24) is 10.6 Å². The summed E-state index contributed by atoms with van der Waals surface area (Å²) < 4.78 is 5.04. The van der Waals surface area contributed by atoms with Crippen LogP contribution in [0.4, 0.5) is 4.79 Å². The zero-order chi connectivity index (χ0) is 15.1. The van der Waals surface area contributed by atoms with Crippen molar-refractivity contribution in [3.05, 3.63) is 29.8 Å². The van der Waals surface area contributed by atoms with Crippen molar-refractivity contribution in [1.29, 1.82) is 0 Å². The Balaban J connectivity index is 2.47. The van der Waals surface area contributed by atoms with Gasteiger partial charge in [0.15, 0.2) is 0 Å². The Hall–Kier alpha value is -2.24. The highest BCUT2D eigenvalue weighted by Gasteiger charge is 2.23. The van der Waals surface area contributed by atoms with Crippen molar-refractivity contribution >= 4 is 12.0 Å². The van der Waals surface area contributed by atoms with E-state index in [0.29, 0.717) is 6.54 Å². The number of ether oxygens (including phenoxy) is 1. The number of nitrogens with one attached hydrogen (secondary N) is 2. The summed E-state index contributed by atoms with van der Waals surface area (Å²) in [6.07, 6.45) is 0. The third-order valence-corrected chi connectivity index (χ3v) is 2.83. The van der Waals surface area contributed by atoms with Gasteiger partial charge < -0.3 is 20.5 Å². The minimum Gasteiger partial charge on any atom is -0.497 e. The predicted octanol–water partition coefficient (Wildman–Crippen LogP) is 1.60. The van der Waals surface area contributed by atoms with Gasteiger partial charge in [0.05, 0.1) is 7.11 Å². The number of amides is 2. The van der Waals surface area contributed by atoms with E-state index < -0.39 is 18.0 Å². The molecule has 110 valence electrons. The lowest BCUT2D eigenvalue weighted by Crippen LogP contribution is -2.48. The zero-order valence-corrected chi connectivity index (χ0v) is 11.8. The maximum atomic E-state index is 11.6. The molecule has 20 heavy (non-hydrogen) atoms. The number of carboxylic acids is 1. The van der Waals surface area contributed by atoms with Crippen LogP contribution in [0.25, 0.3) is 0 Å². The van der Waals surface area contributed by atoms with E-state index in [1.165, 1.54) is 0 Å². The molecule has 1 atom stereocenters. The van der Waals surface area contributed by atoms with Crippen LogP contribution in [0.2, 0.25) is 0 Å². The lowest BCUT2D eigenvalue weighted by molar-refractivity contribution is -0.140. The minimum absolute atomic E-state index is 0.181. The van der Waals surface area contributed by atoms with E-state index in [0.717, 1.165) is 11.3 Å². The highest BCUT2D eigenvalue weighted by atomic mass is 16.5. The van der Waals surface area contributed by atoms with E-state index in [-0.39, 0.29) is 5.92 Å². The first-order valence-electron chi connectivity index (χ1n) is 6.34. The van der Waals surface area contributed by atoms with Crippen LogP contribution >= 0.6 is 0 Å². The van der Waals surface area contributed by atoms with Crippen LogP contribution in [-0.2, 0) is 11.3 Å². The van der Waals surface area contributed by atoms with Gasteiger partial charge in [-0.15, -0.1) is 0 Å². The van der Waals surface area contributed by atoms with Crippen molar-refractivity contribution in [2.75, 3.05) is 7.11 Å². The Kier molecular flexibility index (Phi) is 5.83. The molecule has 0 radical (unpaired) electrons. The van der Waals surface area contributed by atoms with Crippen LogP contribution in [0.3, 0.4) is 0 Å². The highest BCUT2D eigenvalue weighted by Crippen LogP contribution is 2.10. The Morgan fingerprint density at radius 2 is 1.85 bits per heavy atom. The van der Waals surface area contributed by atoms with E-state index in [1.807, 2.05) is 12.1 Å². The third kappa shape index (κ3) is 4.79. The fraction of sp³-hybridized carbons (Fsp3) is 0.429. The number of rotatable bonds is 6. The van der Waals surface area contributed by atoms with Gasteiger partial charge in [0.2, 0.25) is 0 Å². The van der Waals surface area contributed by atoms with E-state index in [2.05, 4.69) is 10.6 Å². The smallest absolute Gasteiger partial charge is 0.326 e. The van der Waals surface area contributed by atoms with E-state index in [9.17, 15) is 9.59 Å².